The van der Waals surface area contributed by atoms with E-state index in [0.29, 0.717) is 11.3 Å². The fourth-order valence-electron chi connectivity index (χ4n) is 1.80. The molecule has 5 nitrogen and oxygen atoms in total. The molecule has 0 heterocycles. The van der Waals surface area contributed by atoms with Crippen molar-refractivity contribution in [2.24, 2.45) is 0 Å². The number of nitrogens with one attached hydrogen (secondary N) is 2. The van der Waals surface area contributed by atoms with Gasteiger partial charge in [-0.3, -0.25) is 0 Å². The smallest absolute Gasteiger partial charge is 0.319 e. The van der Waals surface area contributed by atoms with E-state index < -0.39 is 21.7 Å². The van der Waals surface area contributed by atoms with Gasteiger partial charge in [-0.2, -0.15) is 0 Å². The fourth-order valence-corrected chi connectivity index (χ4v) is 2.46. The van der Waals surface area contributed by atoms with Crippen LogP contribution in [0.1, 0.15) is 5.56 Å². The summed E-state index contributed by atoms with van der Waals surface area (Å²) in [5.74, 6) is -0.401. The third kappa shape index (κ3) is 4.29. The predicted molar refractivity (Wildman–Crippen MR) is 81.8 cm³/mol. The number of rotatable bonds is 4. The molecular weight excluding hydrogens is 307 g/mol. The van der Waals surface area contributed by atoms with Crippen molar-refractivity contribution in [1.82, 2.24) is 5.32 Å². The van der Waals surface area contributed by atoms with Crippen LogP contribution >= 0.6 is 0 Å². The minimum absolute atomic E-state index is 0.0320. The van der Waals surface area contributed by atoms with E-state index in [1.165, 1.54) is 24.3 Å². The van der Waals surface area contributed by atoms with Crippen molar-refractivity contribution in [3.63, 3.8) is 0 Å². The molecule has 0 spiro atoms. The van der Waals surface area contributed by atoms with Gasteiger partial charge in [0.2, 0.25) is 0 Å². The first-order valence-electron chi connectivity index (χ1n) is 6.44. The number of amides is 2. The maximum absolute atomic E-state index is 13.4. The number of carbonyl (C=O) groups is 1. The molecule has 0 fully saturated rings. The Morgan fingerprint density at radius 1 is 1.14 bits per heavy atom. The van der Waals surface area contributed by atoms with Gasteiger partial charge in [0, 0.05) is 24.1 Å². The maximum atomic E-state index is 13.4. The number of halogens is 1. The van der Waals surface area contributed by atoms with Crippen molar-refractivity contribution in [3.8, 4) is 0 Å². The Bertz CT molecular complexity index is 791. The normalized spacial score (nSPS) is 11.0. The first-order valence-corrected chi connectivity index (χ1v) is 8.34. The zero-order valence-electron chi connectivity index (χ0n) is 11.8. The third-order valence-corrected chi connectivity index (χ3v) is 4.03. The number of hydrogen-bond acceptors (Lipinski definition) is 3. The van der Waals surface area contributed by atoms with E-state index >= 15 is 0 Å². The van der Waals surface area contributed by atoms with Gasteiger partial charge in [-0.1, -0.05) is 24.3 Å². The molecule has 2 rings (SSSR count). The number of carbonyl (C=O) groups excluding carboxylic acids is 1. The number of anilines is 1. The van der Waals surface area contributed by atoms with Crippen LogP contribution in [-0.2, 0) is 16.4 Å². The van der Waals surface area contributed by atoms with Gasteiger partial charge in [-0.15, -0.1) is 0 Å². The molecule has 22 heavy (non-hydrogen) atoms. The average molecular weight is 322 g/mol. The molecule has 0 bridgehead atoms. The molecule has 0 saturated heterocycles. The van der Waals surface area contributed by atoms with Gasteiger partial charge >= 0.3 is 6.03 Å². The second-order valence-corrected chi connectivity index (χ2v) is 6.71. The van der Waals surface area contributed by atoms with Gasteiger partial charge in [0.25, 0.3) is 0 Å². The summed E-state index contributed by atoms with van der Waals surface area (Å²) in [5.41, 5.74) is 0.705. The molecule has 0 saturated carbocycles. The van der Waals surface area contributed by atoms with E-state index in [0.717, 1.165) is 6.26 Å². The van der Waals surface area contributed by atoms with Crippen LogP contribution < -0.4 is 10.6 Å². The van der Waals surface area contributed by atoms with Gasteiger partial charge in [0.05, 0.1) is 4.90 Å². The largest absolute Gasteiger partial charge is 0.334 e. The first-order chi connectivity index (χ1) is 10.4. The van der Waals surface area contributed by atoms with Crippen LogP contribution in [0.4, 0.5) is 14.9 Å². The lowest BCUT2D eigenvalue weighted by atomic mass is 10.2. The Morgan fingerprint density at radius 2 is 1.86 bits per heavy atom. The molecule has 0 unspecified atom stereocenters. The van der Waals surface area contributed by atoms with Crippen LogP contribution in [0.2, 0.25) is 0 Å². The molecule has 0 radical (unpaired) electrons. The Labute approximate surface area is 128 Å². The molecule has 2 aromatic rings. The molecule has 0 aliphatic rings. The molecule has 0 aromatic heterocycles. The van der Waals surface area contributed by atoms with E-state index in [9.17, 15) is 17.6 Å². The van der Waals surface area contributed by atoms with Gasteiger partial charge in [-0.25, -0.2) is 17.6 Å². The molecule has 116 valence electrons. The number of hydrogen-bond donors (Lipinski definition) is 2. The zero-order chi connectivity index (χ0) is 16.2. The highest BCUT2D eigenvalue weighted by Crippen LogP contribution is 2.15. The van der Waals surface area contributed by atoms with E-state index in [-0.39, 0.29) is 11.4 Å². The number of urea groups is 1. The van der Waals surface area contributed by atoms with Crippen LogP contribution in [0.5, 0.6) is 0 Å². The highest BCUT2D eigenvalue weighted by Gasteiger charge is 2.09. The molecule has 2 aromatic carbocycles. The van der Waals surface area contributed by atoms with Gasteiger partial charge in [0.15, 0.2) is 9.84 Å². The summed E-state index contributed by atoms with van der Waals surface area (Å²) in [6.45, 7) is 0.0320. The summed E-state index contributed by atoms with van der Waals surface area (Å²) in [5, 5.41) is 5.01. The molecular formula is C15H15FN2O3S. The van der Waals surface area contributed by atoms with Gasteiger partial charge in [-0.05, 0) is 24.3 Å². The van der Waals surface area contributed by atoms with Crippen molar-refractivity contribution < 1.29 is 17.6 Å². The Kier molecular flexibility index (Phi) is 4.77. The van der Waals surface area contributed by atoms with Crippen LogP contribution in [0.25, 0.3) is 0 Å². The Morgan fingerprint density at radius 3 is 2.55 bits per heavy atom. The minimum atomic E-state index is -3.34. The minimum Gasteiger partial charge on any atom is -0.334 e. The van der Waals surface area contributed by atoms with Crippen molar-refractivity contribution in [1.29, 1.82) is 0 Å². The van der Waals surface area contributed by atoms with Gasteiger partial charge < -0.3 is 10.6 Å². The van der Waals surface area contributed by atoms with Crippen molar-refractivity contribution in [2.45, 2.75) is 11.4 Å². The zero-order valence-corrected chi connectivity index (χ0v) is 12.7. The topological polar surface area (TPSA) is 75.3 Å². The van der Waals surface area contributed by atoms with Crippen LogP contribution in [-0.4, -0.2) is 20.7 Å². The second-order valence-electron chi connectivity index (χ2n) is 4.70. The Balaban J connectivity index is 2.00. The lowest BCUT2D eigenvalue weighted by Crippen LogP contribution is -2.28. The van der Waals surface area contributed by atoms with Crippen LogP contribution in [0.15, 0.2) is 53.4 Å². The summed E-state index contributed by atoms with van der Waals surface area (Å²) >= 11 is 0. The van der Waals surface area contributed by atoms with Gasteiger partial charge in [0.1, 0.15) is 5.82 Å². The second kappa shape index (κ2) is 6.57. The fraction of sp³-hybridized carbons (Fsp3) is 0.133. The SMILES string of the molecule is CS(=O)(=O)c1cccc(NC(=O)NCc2ccccc2F)c1. The summed E-state index contributed by atoms with van der Waals surface area (Å²) in [4.78, 5) is 11.9. The van der Waals surface area contributed by atoms with Crippen molar-refractivity contribution in [2.75, 3.05) is 11.6 Å². The van der Waals surface area contributed by atoms with Crippen molar-refractivity contribution >= 4 is 21.6 Å². The van der Waals surface area contributed by atoms with Crippen molar-refractivity contribution in [3.05, 3.63) is 59.9 Å². The quantitative estimate of drug-likeness (QED) is 0.908. The number of sulfone groups is 1. The van der Waals surface area contributed by atoms with E-state index in [2.05, 4.69) is 10.6 Å². The van der Waals surface area contributed by atoms with Crippen LogP contribution in [0.3, 0.4) is 0 Å². The monoisotopic (exact) mass is 322 g/mol. The summed E-state index contributed by atoms with van der Waals surface area (Å²) in [7, 11) is -3.34. The standard InChI is InChI=1S/C15H15FN2O3S/c1-22(20,21)13-7-4-6-12(9-13)18-15(19)17-10-11-5-2-3-8-14(11)16/h2-9H,10H2,1H3,(H2,17,18,19). The van der Waals surface area contributed by atoms with Crippen LogP contribution in [0, 0.1) is 5.82 Å². The third-order valence-electron chi connectivity index (χ3n) is 2.92. The molecule has 0 aliphatic heterocycles. The Hall–Kier alpha value is -2.41. The summed E-state index contributed by atoms with van der Waals surface area (Å²) in [6.07, 6.45) is 1.09. The highest BCUT2D eigenvalue weighted by molar-refractivity contribution is 7.90. The number of benzene rings is 2. The molecule has 7 heteroatoms. The maximum Gasteiger partial charge on any atom is 0.319 e. The highest BCUT2D eigenvalue weighted by atomic mass is 32.2. The summed E-state index contributed by atoms with van der Waals surface area (Å²) < 4.78 is 36.3. The molecule has 2 N–H and O–H groups in total. The van der Waals surface area contributed by atoms with E-state index in [1.54, 1.807) is 24.3 Å². The summed E-state index contributed by atoms with van der Waals surface area (Å²) in [6, 6.07) is 11.5. The van der Waals surface area contributed by atoms with E-state index in [4.69, 9.17) is 0 Å². The molecule has 0 atom stereocenters. The molecule has 2 amide bonds. The van der Waals surface area contributed by atoms with E-state index in [1.807, 2.05) is 0 Å². The molecule has 0 aliphatic carbocycles. The lowest BCUT2D eigenvalue weighted by molar-refractivity contribution is 0.251. The predicted octanol–water partition coefficient (Wildman–Crippen LogP) is 2.55. The average Bonchev–Trinajstić information content (AvgIpc) is 2.46. The first kappa shape index (κ1) is 16.0. The lowest BCUT2D eigenvalue weighted by Gasteiger charge is -2.09.